The molecule has 0 heterocycles. The molecule has 0 saturated heterocycles. The molecule has 0 rings (SSSR count). The van der Waals surface area contributed by atoms with Gasteiger partial charge in [-0.15, -0.1) is 0 Å². The number of methoxy groups -OCH3 is 1. The van der Waals surface area contributed by atoms with Crippen molar-refractivity contribution in [2.24, 2.45) is 0 Å². The topological polar surface area (TPSA) is 18.5 Å². The van der Waals surface area contributed by atoms with Crippen molar-refractivity contribution in [3.8, 4) is 0 Å². The molecule has 0 aromatic rings. The minimum absolute atomic E-state index is 0.398. The van der Waals surface area contributed by atoms with Crippen LogP contribution in [0.3, 0.4) is 0 Å². The fourth-order valence-corrected chi connectivity index (χ4v) is 1.05. The summed E-state index contributed by atoms with van der Waals surface area (Å²) in [5, 5.41) is 1.08. The van der Waals surface area contributed by atoms with Gasteiger partial charge in [0.15, 0.2) is 0 Å². The molecule has 0 unspecified atom stereocenters. The third-order valence-corrected chi connectivity index (χ3v) is 1.86. The van der Waals surface area contributed by atoms with Crippen molar-refractivity contribution >= 4 is 15.9 Å². The Morgan fingerprint density at radius 2 is 2.00 bits per heavy atom. The van der Waals surface area contributed by atoms with Crippen molar-refractivity contribution in [3.05, 3.63) is 12.2 Å². The summed E-state index contributed by atoms with van der Waals surface area (Å²) in [5.41, 5.74) is 0. The van der Waals surface area contributed by atoms with Gasteiger partial charge in [-0.1, -0.05) is 28.1 Å². The molecule has 0 fully saturated rings. The summed E-state index contributed by atoms with van der Waals surface area (Å²) < 4.78 is 9.84. The maximum absolute atomic E-state index is 5.11. The molecule has 0 radical (unpaired) electrons. The molecule has 0 amide bonds. The van der Waals surface area contributed by atoms with Gasteiger partial charge in [0.2, 0.25) is 0 Å². The Kier molecular flexibility index (Phi) is 11.3. The summed E-state index contributed by atoms with van der Waals surface area (Å²) in [5.74, 6) is 0. The SMILES string of the molecule is COCOCCC=CCCCBr. The van der Waals surface area contributed by atoms with Crippen LogP contribution in [0.2, 0.25) is 0 Å². The van der Waals surface area contributed by atoms with E-state index in [1.54, 1.807) is 7.11 Å². The Morgan fingerprint density at radius 1 is 1.25 bits per heavy atom. The Hall–Kier alpha value is 0.140. The normalized spacial score (nSPS) is 11.2. The molecule has 72 valence electrons. The fourth-order valence-electron chi connectivity index (χ4n) is 0.724. The molecule has 0 aromatic carbocycles. The Labute approximate surface area is 83.1 Å². The highest BCUT2D eigenvalue weighted by Crippen LogP contribution is 1.96. The minimum atomic E-state index is 0.398. The van der Waals surface area contributed by atoms with Gasteiger partial charge >= 0.3 is 0 Å². The van der Waals surface area contributed by atoms with Crippen LogP contribution in [-0.2, 0) is 9.47 Å². The zero-order valence-electron chi connectivity index (χ0n) is 7.59. The number of hydrogen-bond donors (Lipinski definition) is 0. The lowest BCUT2D eigenvalue weighted by molar-refractivity contribution is -0.0285. The summed E-state index contributed by atoms with van der Waals surface area (Å²) in [7, 11) is 1.63. The fraction of sp³-hybridized carbons (Fsp3) is 0.778. The van der Waals surface area contributed by atoms with E-state index in [0.717, 1.165) is 24.8 Å². The molecule has 0 aromatic heterocycles. The molecule has 2 nitrogen and oxygen atoms in total. The maximum Gasteiger partial charge on any atom is 0.146 e. The summed E-state index contributed by atoms with van der Waals surface area (Å²) in [6.07, 6.45) is 7.67. The van der Waals surface area contributed by atoms with Gasteiger partial charge in [-0.05, 0) is 19.3 Å². The second-order valence-corrected chi connectivity index (χ2v) is 3.20. The average molecular weight is 237 g/mol. The summed E-state index contributed by atoms with van der Waals surface area (Å²) >= 11 is 3.38. The van der Waals surface area contributed by atoms with E-state index in [1.807, 2.05) is 0 Å². The van der Waals surface area contributed by atoms with Crippen LogP contribution in [0.25, 0.3) is 0 Å². The highest BCUT2D eigenvalue weighted by Gasteiger charge is 1.82. The van der Waals surface area contributed by atoms with Gasteiger partial charge in [0.25, 0.3) is 0 Å². The largest absolute Gasteiger partial charge is 0.359 e. The molecule has 0 aliphatic carbocycles. The Morgan fingerprint density at radius 3 is 2.67 bits per heavy atom. The molecule has 0 bridgehead atoms. The number of alkyl halides is 1. The van der Waals surface area contributed by atoms with Crippen LogP contribution in [0, 0.1) is 0 Å². The third-order valence-electron chi connectivity index (χ3n) is 1.30. The van der Waals surface area contributed by atoms with Crippen LogP contribution in [-0.4, -0.2) is 25.8 Å². The molecule has 0 aliphatic heterocycles. The second kappa shape index (κ2) is 11.1. The van der Waals surface area contributed by atoms with Crippen molar-refractivity contribution < 1.29 is 9.47 Å². The minimum Gasteiger partial charge on any atom is -0.359 e. The number of ether oxygens (including phenoxy) is 2. The van der Waals surface area contributed by atoms with E-state index in [9.17, 15) is 0 Å². The predicted octanol–water partition coefficient (Wildman–Crippen LogP) is 2.73. The molecular weight excluding hydrogens is 220 g/mol. The third kappa shape index (κ3) is 10.1. The van der Waals surface area contributed by atoms with E-state index in [-0.39, 0.29) is 0 Å². The highest BCUT2D eigenvalue weighted by atomic mass is 79.9. The summed E-state index contributed by atoms with van der Waals surface area (Å²) in [4.78, 5) is 0. The van der Waals surface area contributed by atoms with Crippen molar-refractivity contribution in [2.45, 2.75) is 19.3 Å². The van der Waals surface area contributed by atoms with Gasteiger partial charge in [-0.25, -0.2) is 0 Å². The van der Waals surface area contributed by atoms with Gasteiger partial charge in [-0.3, -0.25) is 0 Å². The number of allylic oxidation sites excluding steroid dienone is 1. The Balaban J connectivity index is 2.92. The number of rotatable bonds is 8. The van der Waals surface area contributed by atoms with Gasteiger partial charge in [0.05, 0.1) is 6.61 Å². The van der Waals surface area contributed by atoms with E-state index >= 15 is 0 Å². The quantitative estimate of drug-likeness (QED) is 0.279. The van der Waals surface area contributed by atoms with Crippen LogP contribution in [0.5, 0.6) is 0 Å². The number of unbranched alkanes of at least 4 members (excludes halogenated alkanes) is 1. The first-order valence-corrected chi connectivity index (χ1v) is 5.31. The molecule has 12 heavy (non-hydrogen) atoms. The maximum atomic E-state index is 5.11. The smallest absolute Gasteiger partial charge is 0.146 e. The van der Waals surface area contributed by atoms with Gasteiger partial charge in [-0.2, -0.15) is 0 Å². The molecule has 3 heteroatoms. The molecular formula is C9H17BrO2. The molecule has 0 spiro atoms. The lowest BCUT2D eigenvalue weighted by Crippen LogP contribution is -1.96. The number of hydrogen-bond acceptors (Lipinski definition) is 2. The Bertz CT molecular complexity index is 105. The van der Waals surface area contributed by atoms with Crippen LogP contribution in [0.15, 0.2) is 12.2 Å². The van der Waals surface area contributed by atoms with Gasteiger partial charge in [0, 0.05) is 12.4 Å². The standard InChI is InChI=1S/C9H17BrO2/c1-11-9-12-8-6-4-2-3-5-7-10/h2,4H,3,5-9H2,1H3. The van der Waals surface area contributed by atoms with Crippen LogP contribution in [0.1, 0.15) is 19.3 Å². The van der Waals surface area contributed by atoms with Crippen LogP contribution < -0.4 is 0 Å². The van der Waals surface area contributed by atoms with Crippen molar-refractivity contribution in [1.82, 2.24) is 0 Å². The van der Waals surface area contributed by atoms with E-state index in [0.29, 0.717) is 6.79 Å². The van der Waals surface area contributed by atoms with Crippen molar-refractivity contribution in [3.63, 3.8) is 0 Å². The van der Waals surface area contributed by atoms with Gasteiger partial charge < -0.3 is 9.47 Å². The van der Waals surface area contributed by atoms with E-state index in [2.05, 4.69) is 28.1 Å². The molecule has 0 N–H and O–H groups in total. The van der Waals surface area contributed by atoms with Crippen LogP contribution >= 0.6 is 15.9 Å². The van der Waals surface area contributed by atoms with Crippen molar-refractivity contribution in [1.29, 1.82) is 0 Å². The van der Waals surface area contributed by atoms with E-state index < -0.39 is 0 Å². The number of halogens is 1. The first-order chi connectivity index (χ1) is 5.91. The monoisotopic (exact) mass is 236 g/mol. The zero-order chi connectivity index (χ0) is 9.07. The zero-order valence-corrected chi connectivity index (χ0v) is 9.18. The molecule has 0 aliphatic rings. The van der Waals surface area contributed by atoms with Crippen molar-refractivity contribution in [2.75, 3.05) is 25.8 Å². The first-order valence-electron chi connectivity index (χ1n) is 4.19. The summed E-state index contributed by atoms with van der Waals surface area (Å²) in [6.45, 7) is 1.15. The summed E-state index contributed by atoms with van der Waals surface area (Å²) in [6, 6.07) is 0. The van der Waals surface area contributed by atoms with E-state index in [4.69, 9.17) is 9.47 Å². The van der Waals surface area contributed by atoms with Gasteiger partial charge in [0.1, 0.15) is 6.79 Å². The first kappa shape index (κ1) is 12.1. The lowest BCUT2D eigenvalue weighted by atomic mass is 10.3. The highest BCUT2D eigenvalue weighted by molar-refractivity contribution is 9.09. The average Bonchev–Trinajstić information content (AvgIpc) is 2.10. The lowest BCUT2D eigenvalue weighted by Gasteiger charge is -1.98. The predicted molar refractivity (Wildman–Crippen MR) is 54.6 cm³/mol. The molecule has 0 saturated carbocycles. The second-order valence-electron chi connectivity index (χ2n) is 2.41. The molecule has 0 atom stereocenters. The van der Waals surface area contributed by atoms with Crippen LogP contribution in [0.4, 0.5) is 0 Å². The van der Waals surface area contributed by atoms with E-state index in [1.165, 1.54) is 6.42 Å².